The Morgan fingerprint density at radius 3 is 2.36 bits per heavy atom. The predicted octanol–water partition coefficient (Wildman–Crippen LogP) is 6.15. The maximum absolute atomic E-state index is 14.9. The number of hydrogen-bond acceptors (Lipinski definition) is 4. The first-order valence-corrected chi connectivity index (χ1v) is 11.7. The van der Waals surface area contributed by atoms with E-state index in [1.54, 1.807) is 37.3 Å². The zero-order chi connectivity index (χ0) is 25.4. The second kappa shape index (κ2) is 9.85. The average molecular weight is 500 g/mol. The smallest absolute Gasteiger partial charge is 0.150 e. The molecule has 36 heavy (non-hydrogen) atoms. The highest BCUT2D eigenvalue weighted by Crippen LogP contribution is 2.48. The largest absolute Gasteiger partial charge is 0.508 e. The number of phenolic OH excluding ortho intramolecular Hbond substituents is 1. The lowest BCUT2D eigenvalue weighted by molar-refractivity contribution is 0.0668. The van der Waals surface area contributed by atoms with Crippen molar-refractivity contribution in [1.29, 1.82) is 0 Å². The lowest BCUT2D eigenvalue weighted by atomic mass is 9.85. The second-order valence-electron chi connectivity index (χ2n) is 9.16. The van der Waals surface area contributed by atoms with Gasteiger partial charge in [-0.05, 0) is 48.4 Å². The molecule has 1 fully saturated rings. The first-order chi connectivity index (χ1) is 17.3. The molecule has 188 valence electrons. The quantitative estimate of drug-likeness (QED) is 0.396. The lowest BCUT2D eigenvalue weighted by Crippen LogP contribution is -2.49. The van der Waals surface area contributed by atoms with Crippen LogP contribution in [0.15, 0.2) is 54.6 Å². The van der Waals surface area contributed by atoms with Gasteiger partial charge in [-0.15, -0.1) is 0 Å². The minimum atomic E-state index is -1.04. The summed E-state index contributed by atoms with van der Waals surface area (Å²) in [5, 5.41) is 9.96. The van der Waals surface area contributed by atoms with E-state index in [1.165, 1.54) is 12.1 Å². The molecule has 0 aliphatic carbocycles. The summed E-state index contributed by atoms with van der Waals surface area (Å²) in [5.41, 5.74) is 1.44. The molecule has 8 heteroatoms. The number of aromatic hydroxyl groups is 1. The van der Waals surface area contributed by atoms with Crippen LogP contribution in [-0.4, -0.2) is 42.9 Å². The normalized spacial score (nSPS) is 18.0. The molecule has 0 spiro atoms. The van der Waals surface area contributed by atoms with Crippen molar-refractivity contribution in [1.82, 2.24) is 4.90 Å². The molecule has 2 aliphatic rings. The van der Waals surface area contributed by atoms with Crippen molar-refractivity contribution in [2.75, 3.05) is 32.9 Å². The van der Waals surface area contributed by atoms with Crippen LogP contribution in [-0.2, 0) is 0 Å². The average Bonchev–Trinajstić information content (AvgIpc) is 2.82. The molecule has 0 saturated carbocycles. The Balaban J connectivity index is 1.43. The second-order valence-corrected chi connectivity index (χ2v) is 9.16. The van der Waals surface area contributed by atoms with E-state index in [9.17, 15) is 22.7 Å². The maximum Gasteiger partial charge on any atom is 0.150 e. The van der Waals surface area contributed by atoms with Gasteiger partial charge < -0.3 is 14.6 Å². The van der Waals surface area contributed by atoms with Gasteiger partial charge >= 0.3 is 0 Å². The molecule has 0 unspecified atom stereocenters. The molecule has 3 aromatic rings. The SMILES string of the molecule is CC1=C(c2c(F)cc(F)cc2F)[C@@H](c2ccc(OCCN3CC(CF)C3)cc2)Oc2ccc(O)cc21. The number of ether oxygens (including phenoxy) is 2. The van der Waals surface area contributed by atoms with Gasteiger partial charge in [0.1, 0.15) is 47.4 Å². The topological polar surface area (TPSA) is 41.9 Å². The highest BCUT2D eigenvalue weighted by molar-refractivity contribution is 5.96. The predicted molar refractivity (Wildman–Crippen MR) is 128 cm³/mol. The van der Waals surface area contributed by atoms with Crippen molar-refractivity contribution in [3.05, 3.63) is 88.7 Å². The van der Waals surface area contributed by atoms with E-state index in [1.807, 2.05) is 0 Å². The molecular weight excluding hydrogens is 474 g/mol. The van der Waals surface area contributed by atoms with E-state index >= 15 is 0 Å². The van der Waals surface area contributed by atoms with Crippen molar-refractivity contribution in [2.45, 2.75) is 13.0 Å². The number of fused-ring (bicyclic) bond motifs is 1. The van der Waals surface area contributed by atoms with Crippen molar-refractivity contribution in [3.8, 4) is 17.2 Å². The third-order valence-corrected chi connectivity index (χ3v) is 6.66. The van der Waals surface area contributed by atoms with Crippen LogP contribution >= 0.6 is 0 Å². The van der Waals surface area contributed by atoms with Crippen LogP contribution in [0.3, 0.4) is 0 Å². The van der Waals surface area contributed by atoms with E-state index in [4.69, 9.17) is 9.47 Å². The number of alkyl halides is 1. The van der Waals surface area contributed by atoms with Gasteiger partial charge in [0.25, 0.3) is 0 Å². The number of likely N-dealkylation sites (tertiary alicyclic amines) is 1. The Labute approximate surface area is 206 Å². The molecule has 5 rings (SSSR count). The van der Waals surface area contributed by atoms with E-state index in [-0.39, 0.29) is 29.5 Å². The summed E-state index contributed by atoms with van der Waals surface area (Å²) >= 11 is 0. The van der Waals surface area contributed by atoms with Crippen LogP contribution in [0.2, 0.25) is 0 Å². The van der Waals surface area contributed by atoms with Crippen LogP contribution in [0, 0.1) is 23.4 Å². The number of hydrogen-bond donors (Lipinski definition) is 1. The molecule has 1 saturated heterocycles. The van der Waals surface area contributed by atoms with Crippen molar-refractivity contribution >= 4 is 11.1 Å². The van der Waals surface area contributed by atoms with Gasteiger partial charge in [-0.3, -0.25) is 9.29 Å². The molecule has 3 aromatic carbocycles. The molecule has 0 amide bonds. The highest BCUT2D eigenvalue weighted by Gasteiger charge is 2.33. The number of benzene rings is 3. The lowest BCUT2D eigenvalue weighted by Gasteiger charge is -2.37. The highest BCUT2D eigenvalue weighted by atomic mass is 19.1. The van der Waals surface area contributed by atoms with Crippen LogP contribution in [0.25, 0.3) is 11.1 Å². The third-order valence-electron chi connectivity index (χ3n) is 6.66. The Morgan fingerprint density at radius 1 is 1.00 bits per heavy atom. The summed E-state index contributed by atoms with van der Waals surface area (Å²) in [6, 6.07) is 12.8. The van der Waals surface area contributed by atoms with Crippen molar-refractivity contribution in [2.24, 2.45) is 5.92 Å². The Kier molecular flexibility index (Phi) is 6.62. The van der Waals surface area contributed by atoms with E-state index < -0.39 is 23.6 Å². The van der Waals surface area contributed by atoms with Gasteiger partial charge in [-0.2, -0.15) is 0 Å². The van der Waals surface area contributed by atoms with Gasteiger partial charge in [0.2, 0.25) is 0 Å². The monoisotopic (exact) mass is 499 g/mol. The Bertz CT molecular complexity index is 1280. The number of nitrogens with zero attached hydrogens (tertiary/aromatic N) is 1. The molecular formula is C28H25F4NO3. The van der Waals surface area contributed by atoms with Gasteiger partial charge in [-0.1, -0.05) is 12.1 Å². The number of halogens is 4. The standard InChI is InChI=1S/C28H25F4NO3/c1-16-22-12-20(34)4-7-25(22)36-28(26(16)27-23(31)10-19(30)11-24(27)32)18-2-5-21(6-3-18)35-9-8-33-14-17(13-29)15-33/h2-7,10-12,17,28,34H,8-9,13-15H2,1H3/t28-/m1/s1. The minimum Gasteiger partial charge on any atom is -0.508 e. The first kappa shape index (κ1) is 24.2. The van der Waals surface area contributed by atoms with E-state index in [0.717, 1.165) is 13.1 Å². The van der Waals surface area contributed by atoms with Gasteiger partial charge in [-0.25, -0.2) is 13.2 Å². The molecule has 0 radical (unpaired) electrons. The summed E-state index contributed by atoms with van der Waals surface area (Å²) in [6.07, 6.45) is -0.885. The number of phenols is 1. The minimum absolute atomic E-state index is 0.0190. The van der Waals surface area contributed by atoms with Gasteiger partial charge in [0, 0.05) is 48.8 Å². The fourth-order valence-corrected chi connectivity index (χ4v) is 4.78. The molecule has 0 aromatic heterocycles. The van der Waals surface area contributed by atoms with Crippen molar-refractivity contribution in [3.63, 3.8) is 0 Å². The van der Waals surface area contributed by atoms with Crippen molar-refractivity contribution < 1.29 is 32.1 Å². The first-order valence-electron chi connectivity index (χ1n) is 11.7. The van der Waals surface area contributed by atoms with E-state index in [0.29, 0.717) is 53.5 Å². The van der Waals surface area contributed by atoms with Gasteiger partial charge in [0.05, 0.1) is 12.2 Å². The molecule has 2 aliphatic heterocycles. The molecule has 1 atom stereocenters. The summed E-state index contributed by atoms with van der Waals surface area (Å²) in [6.45, 7) is 4.01. The molecule has 1 N–H and O–H groups in total. The summed E-state index contributed by atoms with van der Waals surface area (Å²) in [7, 11) is 0. The van der Waals surface area contributed by atoms with Crippen LogP contribution in [0.4, 0.5) is 17.6 Å². The summed E-state index contributed by atoms with van der Waals surface area (Å²) < 4.78 is 68.0. The Hall–Kier alpha value is -3.52. The fraction of sp³-hybridized carbons (Fsp3) is 0.286. The fourth-order valence-electron chi connectivity index (χ4n) is 4.78. The zero-order valence-electron chi connectivity index (χ0n) is 19.6. The summed E-state index contributed by atoms with van der Waals surface area (Å²) in [5.74, 6) is -1.93. The van der Waals surface area contributed by atoms with Crippen LogP contribution in [0.1, 0.15) is 29.7 Å². The van der Waals surface area contributed by atoms with E-state index in [2.05, 4.69) is 4.90 Å². The zero-order valence-corrected chi connectivity index (χ0v) is 19.6. The maximum atomic E-state index is 14.9. The number of allylic oxidation sites excluding steroid dienone is 1. The number of rotatable bonds is 7. The molecule has 4 nitrogen and oxygen atoms in total. The summed E-state index contributed by atoms with van der Waals surface area (Å²) in [4.78, 5) is 2.12. The molecule has 2 heterocycles. The van der Waals surface area contributed by atoms with Crippen LogP contribution < -0.4 is 9.47 Å². The van der Waals surface area contributed by atoms with Gasteiger partial charge in [0.15, 0.2) is 0 Å². The Morgan fingerprint density at radius 2 is 1.69 bits per heavy atom. The third kappa shape index (κ3) is 4.65. The van der Waals surface area contributed by atoms with Crippen LogP contribution in [0.5, 0.6) is 17.2 Å². The molecule has 0 bridgehead atoms.